The van der Waals surface area contributed by atoms with Gasteiger partial charge in [-0.05, 0) is 41.4 Å². The van der Waals surface area contributed by atoms with Crippen molar-refractivity contribution in [3.8, 4) is 17.2 Å². The number of ether oxygens (including phenoxy) is 2. The molecule has 0 atom stereocenters. The molecule has 0 spiro atoms. The molecule has 2 aromatic carbocycles. The summed E-state index contributed by atoms with van der Waals surface area (Å²) in [6, 6.07) is 10.1. The summed E-state index contributed by atoms with van der Waals surface area (Å²) >= 11 is 2.44. The average molecular weight is 472 g/mol. The van der Waals surface area contributed by atoms with Gasteiger partial charge in [0, 0.05) is 18.5 Å². The van der Waals surface area contributed by atoms with Gasteiger partial charge >= 0.3 is 0 Å². The fourth-order valence-electron chi connectivity index (χ4n) is 2.91. The van der Waals surface area contributed by atoms with Crippen molar-refractivity contribution in [2.75, 3.05) is 13.7 Å². The number of hydrogen-bond donors (Lipinski definition) is 0. The van der Waals surface area contributed by atoms with E-state index in [-0.39, 0.29) is 21.8 Å². The topological polar surface area (TPSA) is 66.2 Å². The Kier molecular flexibility index (Phi) is 6.21. The van der Waals surface area contributed by atoms with Crippen molar-refractivity contribution >= 4 is 33.3 Å². The molecular formula is C23H22FN3O3S2. The lowest BCUT2D eigenvalue weighted by molar-refractivity contribution is 0.191. The molecule has 9 heteroatoms. The molecule has 0 aliphatic rings. The van der Waals surface area contributed by atoms with Crippen molar-refractivity contribution in [2.45, 2.75) is 30.1 Å². The second kappa shape index (κ2) is 8.91. The summed E-state index contributed by atoms with van der Waals surface area (Å²) in [5.41, 5.74) is 0.616. The summed E-state index contributed by atoms with van der Waals surface area (Å²) in [5.74, 6) is 0.760. The normalized spacial score (nSPS) is 11.7. The van der Waals surface area contributed by atoms with E-state index >= 15 is 0 Å². The molecule has 2 heterocycles. The number of benzene rings is 2. The second-order valence-corrected chi connectivity index (χ2v) is 10.5. The van der Waals surface area contributed by atoms with Crippen LogP contribution in [0.1, 0.15) is 20.8 Å². The van der Waals surface area contributed by atoms with Gasteiger partial charge in [-0.2, -0.15) is 0 Å². The number of thiazole rings is 1. The Morgan fingerprint density at radius 1 is 1.19 bits per heavy atom. The zero-order valence-corrected chi connectivity index (χ0v) is 19.7. The Hall–Kier alpha value is -2.91. The maximum absolute atomic E-state index is 14.0. The van der Waals surface area contributed by atoms with Gasteiger partial charge in [0.05, 0.1) is 24.1 Å². The Morgan fingerprint density at radius 2 is 2.00 bits per heavy atom. The van der Waals surface area contributed by atoms with Crippen LogP contribution in [0.5, 0.6) is 11.5 Å². The van der Waals surface area contributed by atoms with Crippen LogP contribution < -0.4 is 15.0 Å². The minimum Gasteiger partial charge on any atom is -0.493 e. The zero-order valence-electron chi connectivity index (χ0n) is 18.1. The van der Waals surface area contributed by atoms with Gasteiger partial charge in [-0.3, -0.25) is 9.36 Å². The number of halogens is 1. The third-order valence-corrected chi connectivity index (χ3v) is 6.48. The average Bonchev–Trinajstić information content (AvgIpc) is 3.17. The number of para-hydroxylation sites is 1. The predicted octanol–water partition coefficient (Wildman–Crippen LogP) is 5.57. The molecule has 0 radical (unpaired) electrons. The Balaban J connectivity index is 1.64. The van der Waals surface area contributed by atoms with E-state index in [1.165, 1.54) is 22.0 Å². The molecule has 4 rings (SSSR count). The standard InChI is InChI=1S/C23H22FN3O3S2/c1-23(2,3)13-30-16-9-8-14(12-17(16)29-4)27-11-10-25-20(21(27)28)32-22-26-19-15(24)6-5-7-18(19)31-22/h5-12H,13H2,1-4H3. The maximum Gasteiger partial charge on any atom is 0.288 e. The van der Waals surface area contributed by atoms with Crippen LogP contribution in [0, 0.1) is 11.2 Å². The van der Waals surface area contributed by atoms with Crippen molar-refractivity contribution in [3.05, 3.63) is 65.0 Å². The van der Waals surface area contributed by atoms with E-state index in [0.29, 0.717) is 33.6 Å². The van der Waals surface area contributed by atoms with Gasteiger partial charge in [0.15, 0.2) is 20.9 Å². The molecule has 0 amide bonds. The molecule has 0 fully saturated rings. The minimum absolute atomic E-state index is 0.00138. The first-order chi connectivity index (χ1) is 15.2. The number of fused-ring (bicyclic) bond motifs is 1. The third kappa shape index (κ3) is 4.78. The van der Waals surface area contributed by atoms with E-state index < -0.39 is 0 Å². The highest BCUT2D eigenvalue weighted by Crippen LogP contribution is 2.34. The van der Waals surface area contributed by atoms with Crippen LogP contribution in [0.3, 0.4) is 0 Å². The summed E-state index contributed by atoms with van der Waals surface area (Å²) in [7, 11) is 1.56. The minimum atomic E-state index is -0.384. The number of methoxy groups -OCH3 is 1. The van der Waals surface area contributed by atoms with Crippen LogP contribution in [0.25, 0.3) is 15.9 Å². The van der Waals surface area contributed by atoms with Gasteiger partial charge in [0.25, 0.3) is 5.56 Å². The quantitative estimate of drug-likeness (QED) is 0.366. The highest BCUT2D eigenvalue weighted by Gasteiger charge is 2.16. The third-order valence-electron chi connectivity index (χ3n) is 4.43. The highest BCUT2D eigenvalue weighted by atomic mass is 32.2. The van der Waals surface area contributed by atoms with Crippen molar-refractivity contribution in [2.24, 2.45) is 5.41 Å². The molecule has 2 aromatic heterocycles. The molecule has 6 nitrogen and oxygen atoms in total. The summed E-state index contributed by atoms with van der Waals surface area (Å²) in [6.45, 7) is 6.79. The van der Waals surface area contributed by atoms with Gasteiger partial charge in [-0.15, -0.1) is 11.3 Å². The van der Waals surface area contributed by atoms with Gasteiger partial charge in [0.1, 0.15) is 11.3 Å². The molecule has 0 bridgehead atoms. The van der Waals surface area contributed by atoms with Crippen molar-refractivity contribution in [1.82, 2.24) is 14.5 Å². The van der Waals surface area contributed by atoms with E-state index in [4.69, 9.17) is 9.47 Å². The molecule has 0 saturated heterocycles. The van der Waals surface area contributed by atoms with Crippen molar-refractivity contribution in [1.29, 1.82) is 0 Å². The summed E-state index contributed by atoms with van der Waals surface area (Å²) in [6.07, 6.45) is 3.14. The van der Waals surface area contributed by atoms with E-state index in [9.17, 15) is 9.18 Å². The summed E-state index contributed by atoms with van der Waals surface area (Å²) in [4.78, 5) is 21.6. The monoisotopic (exact) mass is 471 g/mol. The molecule has 0 aliphatic heterocycles. The zero-order chi connectivity index (χ0) is 22.9. The number of nitrogens with zero attached hydrogens (tertiary/aromatic N) is 3. The molecule has 0 aliphatic carbocycles. The summed E-state index contributed by atoms with van der Waals surface area (Å²) < 4.78 is 28.1. The SMILES string of the molecule is COc1cc(-n2ccnc(Sc3nc4c(F)cccc4s3)c2=O)ccc1OCC(C)(C)C. The lowest BCUT2D eigenvalue weighted by atomic mass is 9.99. The van der Waals surface area contributed by atoms with Crippen LogP contribution in [0.15, 0.2) is 63.0 Å². The lowest BCUT2D eigenvalue weighted by Gasteiger charge is -2.20. The van der Waals surface area contributed by atoms with E-state index in [2.05, 4.69) is 30.7 Å². The summed E-state index contributed by atoms with van der Waals surface area (Å²) in [5, 5.41) is 0.249. The maximum atomic E-state index is 14.0. The number of aromatic nitrogens is 3. The van der Waals surface area contributed by atoms with E-state index in [0.717, 1.165) is 16.5 Å². The Morgan fingerprint density at radius 3 is 2.72 bits per heavy atom. The van der Waals surface area contributed by atoms with Crippen LogP contribution in [0.2, 0.25) is 0 Å². The van der Waals surface area contributed by atoms with Crippen molar-refractivity contribution < 1.29 is 13.9 Å². The molecule has 4 aromatic rings. The molecule has 32 heavy (non-hydrogen) atoms. The van der Waals surface area contributed by atoms with E-state index in [1.54, 1.807) is 49.8 Å². The van der Waals surface area contributed by atoms with Crippen molar-refractivity contribution in [3.63, 3.8) is 0 Å². The van der Waals surface area contributed by atoms with Gasteiger partial charge in [0.2, 0.25) is 0 Å². The molecular weight excluding hydrogens is 449 g/mol. The largest absolute Gasteiger partial charge is 0.493 e. The first-order valence-corrected chi connectivity index (χ1v) is 11.5. The second-order valence-electron chi connectivity index (χ2n) is 8.26. The number of rotatable bonds is 6. The molecule has 0 unspecified atom stereocenters. The van der Waals surface area contributed by atoms with Crippen LogP contribution in [-0.4, -0.2) is 28.3 Å². The smallest absolute Gasteiger partial charge is 0.288 e. The highest BCUT2D eigenvalue weighted by molar-refractivity contribution is 8.01. The predicted molar refractivity (Wildman–Crippen MR) is 125 cm³/mol. The van der Waals surface area contributed by atoms with Crippen LogP contribution in [-0.2, 0) is 0 Å². The number of hydrogen-bond acceptors (Lipinski definition) is 7. The van der Waals surface area contributed by atoms with Crippen LogP contribution >= 0.6 is 23.1 Å². The fraction of sp³-hybridized carbons (Fsp3) is 0.261. The Labute approximate surface area is 193 Å². The van der Waals surface area contributed by atoms with E-state index in [1.807, 2.05) is 0 Å². The first kappa shape index (κ1) is 22.3. The molecule has 0 N–H and O–H groups in total. The van der Waals surface area contributed by atoms with Gasteiger partial charge in [-0.25, -0.2) is 14.4 Å². The first-order valence-electron chi connectivity index (χ1n) is 9.87. The fourth-order valence-corrected chi connectivity index (χ4v) is 4.89. The van der Waals surface area contributed by atoms with Gasteiger partial charge in [-0.1, -0.05) is 26.8 Å². The Bertz CT molecular complexity index is 1330. The lowest BCUT2D eigenvalue weighted by Crippen LogP contribution is -2.20. The molecule has 166 valence electrons. The molecule has 0 saturated carbocycles. The van der Waals surface area contributed by atoms with Gasteiger partial charge < -0.3 is 9.47 Å². The van der Waals surface area contributed by atoms with Crippen LogP contribution in [0.4, 0.5) is 4.39 Å².